The summed E-state index contributed by atoms with van der Waals surface area (Å²) in [6, 6.07) is 4.77. The van der Waals surface area contributed by atoms with Crippen molar-refractivity contribution in [2.75, 3.05) is 20.2 Å². The summed E-state index contributed by atoms with van der Waals surface area (Å²) < 4.78 is 5.05. The number of hydrogen-bond donors (Lipinski definition) is 1. The number of hydrogen-bond acceptors (Lipinski definition) is 3. The van der Waals surface area contributed by atoms with E-state index in [4.69, 9.17) is 21.9 Å². The van der Waals surface area contributed by atoms with Gasteiger partial charge in [0.25, 0.3) is 5.91 Å². The van der Waals surface area contributed by atoms with Crippen molar-refractivity contribution >= 4 is 17.5 Å². The van der Waals surface area contributed by atoms with Gasteiger partial charge in [-0.25, -0.2) is 0 Å². The van der Waals surface area contributed by atoms with Gasteiger partial charge in [-0.2, -0.15) is 0 Å². The molecule has 1 N–H and O–H groups in total. The van der Waals surface area contributed by atoms with Gasteiger partial charge in [-0.15, -0.1) is 0 Å². The minimum atomic E-state index is -0.322. The number of methoxy groups -OCH3 is 1. The molecule has 1 rings (SSSR count). The molecule has 0 bridgehead atoms. The average Bonchev–Trinajstić information content (AvgIpc) is 2.34. The maximum Gasteiger partial charge on any atom is 0.255 e. The molecule has 7 heteroatoms. The van der Waals surface area contributed by atoms with E-state index >= 15 is 0 Å². The van der Waals surface area contributed by atoms with Crippen molar-refractivity contribution in [2.24, 2.45) is 5.11 Å². The van der Waals surface area contributed by atoms with Crippen molar-refractivity contribution in [2.45, 2.75) is 0 Å². The normalized spacial score (nSPS) is 9.29. The van der Waals surface area contributed by atoms with Gasteiger partial charge >= 0.3 is 0 Å². The molecule has 0 aliphatic heterocycles. The summed E-state index contributed by atoms with van der Waals surface area (Å²) in [7, 11) is 1.47. The van der Waals surface area contributed by atoms with Gasteiger partial charge in [-0.3, -0.25) is 4.79 Å². The van der Waals surface area contributed by atoms with Gasteiger partial charge in [0.1, 0.15) is 5.75 Å². The van der Waals surface area contributed by atoms with Gasteiger partial charge in [0, 0.05) is 23.0 Å². The van der Waals surface area contributed by atoms with E-state index in [2.05, 4.69) is 15.3 Å². The number of ether oxygens (including phenoxy) is 1. The van der Waals surface area contributed by atoms with Crippen LogP contribution in [-0.2, 0) is 0 Å². The van der Waals surface area contributed by atoms with Crippen LogP contribution in [0.3, 0.4) is 0 Å². The molecule has 17 heavy (non-hydrogen) atoms. The van der Waals surface area contributed by atoms with Crippen LogP contribution in [0.5, 0.6) is 5.75 Å². The molecule has 0 aliphatic carbocycles. The number of rotatable bonds is 5. The Morgan fingerprint density at radius 1 is 1.65 bits per heavy atom. The lowest BCUT2D eigenvalue weighted by Crippen LogP contribution is -2.26. The fraction of sp³-hybridized carbons (Fsp3) is 0.300. The minimum absolute atomic E-state index is 0.200. The molecule has 6 nitrogen and oxygen atoms in total. The second-order valence-electron chi connectivity index (χ2n) is 3.05. The lowest BCUT2D eigenvalue weighted by atomic mass is 10.2. The molecule has 0 aromatic heterocycles. The maximum atomic E-state index is 11.8. The first-order valence-corrected chi connectivity index (χ1v) is 5.19. The Hall–Kier alpha value is -1.91. The molecule has 0 heterocycles. The second-order valence-corrected chi connectivity index (χ2v) is 3.49. The summed E-state index contributed by atoms with van der Waals surface area (Å²) >= 11 is 5.80. The fourth-order valence-electron chi connectivity index (χ4n) is 1.22. The summed E-state index contributed by atoms with van der Waals surface area (Å²) in [6.45, 7) is 0.462. The van der Waals surface area contributed by atoms with E-state index in [0.29, 0.717) is 16.3 Å². The van der Waals surface area contributed by atoms with Crippen LogP contribution in [0.15, 0.2) is 23.3 Å². The molecule has 0 fully saturated rings. The lowest BCUT2D eigenvalue weighted by molar-refractivity contribution is 0.0952. The summed E-state index contributed by atoms with van der Waals surface area (Å²) in [4.78, 5) is 14.3. The highest BCUT2D eigenvalue weighted by molar-refractivity contribution is 6.31. The van der Waals surface area contributed by atoms with Crippen LogP contribution in [0.25, 0.3) is 10.4 Å². The highest BCUT2D eigenvalue weighted by Gasteiger charge is 2.11. The minimum Gasteiger partial charge on any atom is -0.496 e. The number of amides is 1. The second kappa shape index (κ2) is 6.62. The average molecular weight is 255 g/mol. The summed E-state index contributed by atoms with van der Waals surface area (Å²) in [5, 5.41) is 6.35. The Morgan fingerprint density at radius 2 is 2.41 bits per heavy atom. The van der Waals surface area contributed by atoms with Crippen LogP contribution in [-0.4, -0.2) is 26.1 Å². The van der Waals surface area contributed by atoms with Crippen LogP contribution >= 0.6 is 11.6 Å². The number of nitrogens with zero attached hydrogens (tertiary/aromatic N) is 3. The number of halogens is 1. The first-order chi connectivity index (χ1) is 8.19. The van der Waals surface area contributed by atoms with Crippen molar-refractivity contribution in [3.05, 3.63) is 39.2 Å². The fourth-order valence-corrected chi connectivity index (χ4v) is 1.39. The van der Waals surface area contributed by atoms with E-state index in [1.54, 1.807) is 12.1 Å². The van der Waals surface area contributed by atoms with Gasteiger partial charge in [0.2, 0.25) is 0 Å². The summed E-state index contributed by atoms with van der Waals surface area (Å²) in [5.74, 6) is 0.119. The van der Waals surface area contributed by atoms with Crippen molar-refractivity contribution in [3.8, 4) is 5.75 Å². The first kappa shape index (κ1) is 13.2. The van der Waals surface area contributed by atoms with Gasteiger partial charge < -0.3 is 10.1 Å². The van der Waals surface area contributed by atoms with Crippen LogP contribution < -0.4 is 10.1 Å². The van der Waals surface area contributed by atoms with Crippen LogP contribution in [0, 0.1) is 0 Å². The molecule has 0 atom stereocenters. The predicted molar refractivity (Wildman–Crippen MR) is 64.4 cm³/mol. The molecule has 90 valence electrons. The predicted octanol–water partition coefficient (Wildman–Crippen LogP) is 2.39. The molecule has 0 aliphatic rings. The third kappa shape index (κ3) is 3.86. The Morgan fingerprint density at radius 3 is 3.06 bits per heavy atom. The van der Waals surface area contributed by atoms with Crippen LogP contribution in [0.1, 0.15) is 10.4 Å². The molecular formula is C10H11ClN4O2. The van der Waals surface area contributed by atoms with E-state index in [1.165, 1.54) is 13.2 Å². The SMILES string of the molecule is COc1ccc(Cl)cc1C(=O)NCCN=[N+]=[N-]. The third-order valence-electron chi connectivity index (χ3n) is 1.97. The number of carbonyl (C=O) groups excluding carboxylic acids is 1. The van der Waals surface area contributed by atoms with E-state index < -0.39 is 0 Å². The quantitative estimate of drug-likeness (QED) is 0.378. The maximum absolute atomic E-state index is 11.8. The zero-order chi connectivity index (χ0) is 12.7. The zero-order valence-corrected chi connectivity index (χ0v) is 9.94. The smallest absolute Gasteiger partial charge is 0.255 e. The Kier molecular flexibility index (Phi) is 5.13. The Balaban J connectivity index is 2.73. The van der Waals surface area contributed by atoms with Crippen molar-refractivity contribution in [1.82, 2.24) is 5.32 Å². The number of benzene rings is 1. The van der Waals surface area contributed by atoms with E-state index in [0.717, 1.165) is 0 Å². The van der Waals surface area contributed by atoms with Crippen LogP contribution in [0.4, 0.5) is 0 Å². The monoisotopic (exact) mass is 254 g/mol. The van der Waals surface area contributed by atoms with Crippen molar-refractivity contribution < 1.29 is 9.53 Å². The summed E-state index contributed by atoms with van der Waals surface area (Å²) in [5.41, 5.74) is 8.42. The largest absolute Gasteiger partial charge is 0.496 e. The molecule has 0 saturated carbocycles. The van der Waals surface area contributed by atoms with Gasteiger partial charge in [0.05, 0.1) is 12.7 Å². The first-order valence-electron chi connectivity index (χ1n) is 4.81. The molecule has 0 spiro atoms. The highest BCUT2D eigenvalue weighted by atomic mass is 35.5. The number of nitrogens with one attached hydrogen (secondary N) is 1. The molecule has 1 amide bonds. The van der Waals surface area contributed by atoms with E-state index in [-0.39, 0.29) is 19.0 Å². The van der Waals surface area contributed by atoms with Gasteiger partial charge in [0.15, 0.2) is 0 Å². The lowest BCUT2D eigenvalue weighted by Gasteiger charge is -2.08. The Bertz CT molecular complexity index is 458. The molecule has 1 aromatic carbocycles. The molecule has 0 unspecified atom stereocenters. The molecule has 0 radical (unpaired) electrons. The molecular weight excluding hydrogens is 244 g/mol. The van der Waals surface area contributed by atoms with Gasteiger partial charge in [-0.1, -0.05) is 16.7 Å². The van der Waals surface area contributed by atoms with E-state index in [1.807, 2.05) is 0 Å². The Labute approximate surface area is 103 Å². The van der Waals surface area contributed by atoms with Gasteiger partial charge in [-0.05, 0) is 23.7 Å². The highest BCUT2D eigenvalue weighted by Crippen LogP contribution is 2.22. The third-order valence-corrected chi connectivity index (χ3v) is 2.20. The molecule has 1 aromatic rings. The molecule has 0 saturated heterocycles. The number of azide groups is 1. The summed E-state index contributed by atoms with van der Waals surface area (Å²) in [6.07, 6.45) is 0. The van der Waals surface area contributed by atoms with E-state index in [9.17, 15) is 4.79 Å². The number of carbonyl (C=O) groups is 1. The topological polar surface area (TPSA) is 87.1 Å². The van der Waals surface area contributed by atoms with Crippen molar-refractivity contribution in [1.29, 1.82) is 0 Å². The standard InChI is InChI=1S/C10H11ClN4O2/c1-17-9-3-2-7(11)6-8(9)10(16)13-4-5-14-15-12/h2-3,6H,4-5H2,1H3,(H,13,16). The van der Waals surface area contributed by atoms with Crippen LogP contribution in [0.2, 0.25) is 5.02 Å². The zero-order valence-electron chi connectivity index (χ0n) is 9.18. The van der Waals surface area contributed by atoms with Crippen molar-refractivity contribution in [3.63, 3.8) is 0 Å².